The molecule has 57 heavy (non-hydrogen) atoms. The highest BCUT2D eigenvalue weighted by molar-refractivity contribution is 7.18. The van der Waals surface area contributed by atoms with Crippen LogP contribution >= 0.6 is 22.7 Å². The van der Waals surface area contributed by atoms with Gasteiger partial charge in [-0.25, -0.2) is 4.98 Å². The topological polar surface area (TPSA) is 158 Å². The maximum absolute atomic E-state index is 14.3. The molecule has 4 aromatic heterocycles. The van der Waals surface area contributed by atoms with Crippen molar-refractivity contribution in [3.8, 4) is 27.4 Å². The molecule has 3 aliphatic rings. The zero-order valence-corrected chi connectivity index (χ0v) is 33.9. The van der Waals surface area contributed by atoms with Crippen LogP contribution in [0.4, 0.5) is 5.82 Å². The summed E-state index contributed by atoms with van der Waals surface area (Å²) < 4.78 is 5.87. The Morgan fingerprint density at radius 3 is 2.51 bits per heavy atom. The Kier molecular flexibility index (Phi) is 9.61. The number of thiazole rings is 1. The number of likely N-dealkylation sites (tertiary alicyclic amines) is 1. The van der Waals surface area contributed by atoms with Crippen LogP contribution < -0.4 is 10.2 Å². The second kappa shape index (κ2) is 14.6. The third kappa shape index (κ3) is 6.97. The fraction of sp³-hybridized carbons (Fsp3) is 0.395. The highest BCUT2D eigenvalue weighted by atomic mass is 32.1. The fourth-order valence-corrected chi connectivity index (χ4v) is 10.8. The van der Waals surface area contributed by atoms with Gasteiger partial charge in [-0.05, 0) is 73.9 Å². The second-order valence-corrected chi connectivity index (χ2v) is 18.4. The van der Waals surface area contributed by atoms with Crippen LogP contribution in [0.3, 0.4) is 0 Å². The van der Waals surface area contributed by atoms with Crippen molar-refractivity contribution in [1.82, 2.24) is 30.6 Å². The molecule has 3 fully saturated rings. The highest BCUT2D eigenvalue weighted by Gasteiger charge is 2.54. The van der Waals surface area contributed by atoms with Crippen molar-refractivity contribution in [3.05, 3.63) is 94.1 Å². The molecule has 0 bridgehead atoms. The first kappa shape index (κ1) is 37.4. The number of carbonyl (C=O) groups excluding carboxylic acids is 2. The monoisotopic (exact) mass is 803 g/mol. The zero-order valence-electron chi connectivity index (χ0n) is 32.3. The van der Waals surface area contributed by atoms with Gasteiger partial charge in [-0.2, -0.15) is 0 Å². The van der Waals surface area contributed by atoms with E-state index in [0.29, 0.717) is 28.8 Å². The lowest BCUT2D eigenvalue weighted by atomic mass is 9.57. The van der Waals surface area contributed by atoms with E-state index in [-0.39, 0.29) is 47.9 Å². The number of para-hydroxylation sites is 1. The molecule has 2 aromatic carbocycles. The number of anilines is 1. The first-order valence-corrected chi connectivity index (χ1v) is 21.2. The van der Waals surface area contributed by atoms with Gasteiger partial charge >= 0.3 is 0 Å². The van der Waals surface area contributed by atoms with E-state index >= 15 is 0 Å². The summed E-state index contributed by atoms with van der Waals surface area (Å²) in [5.74, 6) is 0.510. The van der Waals surface area contributed by atoms with E-state index in [1.807, 2.05) is 81.7 Å². The molecule has 3 N–H and O–H groups in total. The van der Waals surface area contributed by atoms with E-state index in [0.717, 1.165) is 57.8 Å². The average molecular weight is 804 g/mol. The number of phenols is 1. The molecule has 1 aliphatic carbocycles. The van der Waals surface area contributed by atoms with Crippen LogP contribution in [0.15, 0.2) is 76.8 Å². The number of carbonyl (C=O) groups is 2. The smallest absolute Gasteiger partial charge is 0.243 e. The van der Waals surface area contributed by atoms with Crippen LogP contribution in [0, 0.1) is 18.3 Å². The van der Waals surface area contributed by atoms with Crippen molar-refractivity contribution in [2.24, 2.45) is 11.3 Å². The number of nitrogens with one attached hydrogen (secondary N) is 1. The first-order chi connectivity index (χ1) is 27.4. The molecule has 294 valence electrons. The predicted molar refractivity (Wildman–Crippen MR) is 220 cm³/mol. The average Bonchev–Trinajstić information content (AvgIpc) is 3.97. The first-order valence-electron chi connectivity index (χ1n) is 19.5. The van der Waals surface area contributed by atoms with Gasteiger partial charge < -0.3 is 29.9 Å². The molecule has 1 spiro atoms. The standard InChI is InChI=1S/C43H45N7O5S2/c1-23(2)38(42(54)50-19-30(51)15-33(50)40(53)45-24(3)26-9-11-27(12-10-26)39-25(4)44-22-56-39)35-16-37(48-55-35)49-20-43(21-49)17-29(18-43)36-14-28-13-32(46-47-41(28)57-36)31-7-5-6-8-34(31)52/h5-14,16,22-24,29-30,33,38,51-52H,15,17-21H2,1-4H3,(H,45,53)/t24-,30+,33-,38-/m0/s1. The van der Waals surface area contributed by atoms with E-state index in [2.05, 4.69) is 36.6 Å². The summed E-state index contributed by atoms with van der Waals surface area (Å²) in [4.78, 5) is 39.4. The van der Waals surface area contributed by atoms with Crippen LogP contribution in [0.5, 0.6) is 5.75 Å². The Morgan fingerprint density at radius 2 is 1.79 bits per heavy atom. The normalized spacial score (nSPS) is 20.2. The third-order valence-electron chi connectivity index (χ3n) is 12.0. The number of aliphatic hydroxyl groups is 1. The van der Waals surface area contributed by atoms with Gasteiger partial charge in [0.15, 0.2) is 11.6 Å². The SMILES string of the molecule is Cc1ncsc1-c1ccc([C@H](C)NC(=O)[C@@H]2C[C@@H](O)CN2C(=O)[C@H](c2cc(N3CC4(CC(c5cc6cc(-c7ccccc7O)nnc6s5)C4)C3)no2)C(C)C)cc1. The quantitative estimate of drug-likeness (QED) is 0.127. The number of benzene rings is 2. The molecule has 1 saturated carbocycles. The molecule has 12 nitrogen and oxygen atoms in total. The van der Waals surface area contributed by atoms with Gasteiger partial charge in [-0.15, -0.1) is 32.9 Å². The minimum atomic E-state index is -0.801. The number of amides is 2. The Morgan fingerprint density at radius 1 is 1.02 bits per heavy atom. The molecule has 9 rings (SSSR count). The predicted octanol–water partition coefficient (Wildman–Crippen LogP) is 7.45. The summed E-state index contributed by atoms with van der Waals surface area (Å²) >= 11 is 3.29. The zero-order chi connectivity index (χ0) is 39.6. The number of thiophene rings is 1. The maximum atomic E-state index is 14.3. The molecule has 14 heteroatoms. The van der Waals surface area contributed by atoms with Gasteiger partial charge in [0.05, 0.1) is 33.9 Å². The van der Waals surface area contributed by atoms with Crippen LogP contribution in [-0.4, -0.2) is 79.0 Å². The summed E-state index contributed by atoms with van der Waals surface area (Å²) in [6.45, 7) is 9.65. The fourth-order valence-electron chi connectivity index (χ4n) is 8.96. The van der Waals surface area contributed by atoms with Crippen LogP contribution in [-0.2, 0) is 9.59 Å². The molecule has 6 heterocycles. The molecule has 2 amide bonds. The number of rotatable bonds is 10. The highest BCUT2D eigenvalue weighted by Crippen LogP contribution is 2.58. The molecular formula is C43H45N7O5S2. The van der Waals surface area contributed by atoms with Gasteiger partial charge in [-0.1, -0.05) is 55.4 Å². The number of aryl methyl sites for hydroxylation is 1. The van der Waals surface area contributed by atoms with Crippen molar-refractivity contribution in [3.63, 3.8) is 0 Å². The van der Waals surface area contributed by atoms with Gasteiger partial charge in [0.25, 0.3) is 0 Å². The summed E-state index contributed by atoms with van der Waals surface area (Å²) in [6, 6.07) is 20.3. The minimum Gasteiger partial charge on any atom is -0.507 e. The van der Waals surface area contributed by atoms with E-state index in [1.54, 1.807) is 34.8 Å². The van der Waals surface area contributed by atoms with Crippen molar-refractivity contribution >= 4 is 50.5 Å². The Balaban J connectivity index is 0.821. The van der Waals surface area contributed by atoms with E-state index in [1.165, 1.54) is 9.78 Å². The summed E-state index contributed by atoms with van der Waals surface area (Å²) in [7, 11) is 0. The number of aromatic nitrogens is 4. The summed E-state index contributed by atoms with van der Waals surface area (Å²) in [6.07, 6.45) is 1.52. The van der Waals surface area contributed by atoms with Crippen LogP contribution in [0.25, 0.3) is 31.9 Å². The Hall–Kier alpha value is -5.18. The maximum Gasteiger partial charge on any atom is 0.243 e. The number of phenolic OH excluding ortho intramolecular Hbond substituents is 1. The number of hydrogen-bond donors (Lipinski definition) is 3. The second-order valence-electron chi connectivity index (χ2n) is 16.4. The van der Waals surface area contributed by atoms with Crippen molar-refractivity contribution in [2.75, 3.05) is 24.5 Å². The Labute approximate surface area is 338 Å². The number of β-amino-alcohol motifs (C(OH)–C–C–N with tert-alkyl or cyclic N) is 1. The summed E-state index contributed by atoms with van der Waals surface area (Å²) in [5.41, 5.74) is 6.39. The van der Waals surface area contributed by atoms with Crippen molar-refractivity contribution < 1.29 is 24.3 Å². The van der Waals surface area contributed by atoms with Gasteiger partial charge in [0.1, 0.15) is 22.5 Å². The van der Waals surface area contributed by atoms with Gasteiger partial charge in [0.2, 0.25) is 11.8 Å². The lowest BCUT2D eigenvalue weighted by molar-refractivity contribution is -0.141. The van der Waals surface area contributed by atoms with E-state index in [9.17, 15) is 19.8 Å². The molecule has 2 aliphatic heterocycles. The molecule has 6 aromatic rings. The lowest BCUT2D eigenvalue weighted by Crippen LogP contribution is -2.61. The molecule has 2 saturated heterocycles. The number of aromatic hydroxyl groups is 1. The molecule has 4 atom stereocenters. The number of hydrogen-bond acceptors (Lipinski definition) is 12. The minimum absolute atomic E-state index is 0.0817. The van der Waals surface area contributed by atoms with Crippen molar-refractivity contribution in [2.45, 2.75) is 77.0 Å². The molecule has 0 unspecified atom stereocenters. The number of aliphatic hydroxyl groups excluding tert-OH is 1. The lowest BCUT2D eigenvalue weighted by Gasteiger charge is -2.59. The molecule has 0 radical (unpaired) electrons. The Bertz CT molecular complexity index is 2440. The number of nitrogens with zero attached hydrogens (tertiary/aromatic N) is 6. The molecular weight excluding hydrogens is 759 g/mol. The third-order valence-corrected chi connectivity index (χ3v) is 14.2. The largest absolute Gasteiger partial charge is 0.507 e. The van der Waals surface area contributed by atoms with Gasteiger partial charge in [0, 0.05) is 53.4 Å². The van der Waals surface area contributed by atoms with Crippen LogP contribution in [0.2, 0.25) is 0 Å². The number of fused-ring (bicyclic) bond motifs is 1. The van der Waals surface area contributed by atoms with Crippen LogP contribution in [0.1, 0.15) is 79.8 Å². The van der Waals surface area contributed by atoms with Gasteiger partial charge in [-0.3, -0.25) is 9.59 Å². The van der Waals surface area contributed by atoms with Crippen molar-refractivity contribution in [1.29, 1.82) is 0 Å². The van der Waals surface area contributed by atoms with E-state index < -0.39 is 18.1 Å². The summed E-state index contributed by atoms with van der Waals surface area (Å²) in [5, 5.41) is 38.4. The van der Waals surface area contributed by atoms with E-state index in [4.69, 9.17) is 4.52 Å².